The van der Waals surface area contributed by atoms with Crippen molar-refractivity contribution in [2.45, 2.75) is 39.5 Å². The molecule has 170 valence electrons. The molecule has 1 aliphatic rings. The number of hydrogen-bond donors (Lipinski definition) is 1. The summed E-state index contributed by atoms with van der Waals surface area (Å²) >= 11 is 5.91. The maximum Gasteiger partial charge on any atom is 0.253 e. The molecule has 3 rings (SSSR count). The van der Waals surface area contributed by atoms with Gasteiger partial charge in [-0.25, -0.2) is 4.39 Å². The van der Waals surface area contributed by atoms with Crippen LogP contribution in [-0.4, -0.2) is 54.6 Å². The van der Waals surface area contributed by atoms with Gasteiger partial charge in [0.25, 0.3) is 5.91 Å². The van der Waals surface area contributed by atoms with Gasteiger partial charge in [0.15, 0.2) is 5.82 Å². The van der Waals surface area contributed by atoms with E-state index in [1.54, 1.807) is 18.2 Å². The summed E-state index contributed by atoms with van der Waals surface area (Å²) < 4.78 is 16.3. The van der Waals surface area contributed by atoms with E-state index in [9.17, 15) is 9.18 Å². The van der Waals surface area contributed by atoms with Gasteiger partial charge < -0.3 is 14.8 Å². The molecule has 5 nitrogen and oxygen atoms in total. The van der Waals surface area contributed by atoms with Gasteiger partial charge in [-0.3, -0.25) is 9.69 Å². The zero-order chi connectivity index (χ0) is 22.8. The van der Waals surface area contributed by atoms with Crippen molar-refractivity contribution in [1.29, 1.82) is 0 Å². The third kappa shape index (κ3) is 5.42. The monoisotopic (exact) mass is 448 g/mol. The van der Waals surface area contributed by atoms with E-state index in [0.29, 0.717) is 12.2 Å². The van der Waals surface area contributed by atoms with Crippen molar-refractivity contribution in [2.75, 3.05) is 44.2 Å². The molecule has 1 N–H and O–H groups in total. The average Bonchev–Trinajstić information content (AvgIpc) is 3.03. The number of carbonyl (C=O) groups excluding carboxylic acids is 1. The Bertz CT molecular complexity index is 926. The van der Waals surface area contributed by atoms with Crippen LogP contribution in [0.4, 0.5) is 10.1 Å². The molecule has 2 aromatic rings. The highest BCUT2D eigenvalue weighted by Gasteiger charge is 2.23. The van der Waals surface area contributed by atoms with Crippen LogP contribution in [0, 0.1) is 12.7 Å². The summed E-state index contributed by atoms with van der Waals surface area (Å²) in [4.78, 5) is 17.1. The minimum absolute atomic E-state index is 0.00577. The zero-order valence-electron chi connectivity index (χ0n) is 19.3. The third-order valence-electron chi connectivity index (χ3n) is 6.13. The van der Waals surface area contributed by atoms with Crippen LogP contribution >= 0.6 is 11.6 Å². The second-order valence-electron chi connectivity index (χ2n) is 9.35. The van der Waals surface area contributed by atoms with E-state index in [1.165, 1.54) is 0 Å². The van der Waals surface area contributed by atoms with Crippen molar-refractivity contribution in [3.8, 4) is 0 Å². The second kappa shape index (κ2) is 9.61. The van der Waals surface area contributed by atoms with Crippen LogP contribution in [0.2, 0.25) is 5.02 Å². The van der Waals surface area contributed by atoms with E-state index < -0.39 is 0 Å². The van der Waals surface area contributed by atoms with Crippen LogP contribution in [-0.2, 0) is 12.5 Å². The molecule has 7 heteroatoms. The highest BCUT2D eigenvalue weighted by atomic mass is 35.5. The number of carbonyl (C=O) groups is 1. The van der Waals surface area contributed by atoms with Crippen molar-refractivity contribution < 1.29 is 9.18 Å². The van der Waals surface area contributed by atoms with Crippen molar-refractivity contribution in [3.05, 3.63) is 52.1 Å². The number of benzene rings is 1. The van der Waals surface area contributed by atoms with Crippen molar-refractivity contribution in [2.24, 2.45) is 7.05 Å². The van der Waals surface area contributed by atoms with Gasteiger partial charge >= 0.3 is 0 Å². The van der Waals surface area contributed by atoms with Gasteiger partial charge in [0.05, 0.1) is 16.3 Å². The van der Waals surface area contributed by atoms with E-state index in [2.05, 4.69) is 35.6 Å². The van der Waals surface area contributed by atoms with Crippen LogP contribution in [0.25, 0.3) is 0 Å². The first-order valence-electron chi connectivity index (χ1n) is 11.0. The summed E-state index contributed by atoms with van der Waals surface area (Å²) in [5.74, 6) is -0.351. The van der Waals surface area contributed by atoms with Crippen molar-refractivity contribution >= 4 is 23.2 Å². The minimum atomic E-state index is -0.342. The first-order valence-corrected chi connectivity index (χ1v) is 11.3. The molecule has 1 saturated heterocycles. The summed E-state index contributed by atoms with van der Waals surface area (Å²) in [6, 6.07) is 7.16. The van der Waals surface area contributed by atoms with Crippen LogP contribution in [0.5, 0.6) is 0 Å². The molecule has 1 aromatic heterocycles. The topological polar surface area (TPSA) is 40.5 Å². The van der Waals surface area contributed by atoms with Gasteiger partial charge in [-0.1, -0.05) is 38.4 Å². The molecule has 1 aromatic carbocycles. The SMILES string of the molecule is Cc1c(C(=O)NCCCN2CCN(c3cccc(Cl)c3F)CC2)cc(C(C)(C)C)n1C. The van der Waals surface area contributed by atoms with E-state index >= 15 is 0 Å². The summed E-state index contributed by atoms with van der Waals surface area (Å²) in [6.45, 7) is 13.3. The lowest BCUT2D eigenvalue weighted by molar-refractivity contribution is 0.0950. The third-order valence-corrected chi connectivity index (χ3v) is 6.42. The van der Waals surface area contributed by atoms with Crippen molar-refractivity contribution in [3.63, 3.8) is 0 Å². The normalized spacial score (nSPS) is 15.4. The van der Waals surface area contributed by atoms with Crippen LogP contribution in [0.15, 0.2) is 24.3 Å². The summed E-state index contributed by atoms with van der Waals surface area (Å²) in [5.41, 5.74) is 3.47. The summed E-state index contributed by atoms with van der Waals surface area (Å²) in [7, 11) is 2.02. The van der Waals surface area contributed by atoms with E-state index in [-0.39, 0.29) is 22.2 Å². The van der Waals surface area contributed by atoms with Gasteiger partial charge in [-0.2, -0.15) is 0 Å². The number of aromatic nitrogens is 1. The molecule has 1 aliphatic heterocycles. The first-order chi connectivity index (χ1) is 14.6. The van der Waals surface area contributed by atoms with Crippen molar-refractivity contribution in [1.82, 2.24) is 14.8 Å². The molecule has 0 bridgehead atoms. The van der Waals surface area contributed by atoms with Gasteiger partial charge in [-0.05, 0) is 38.1 Å². The lowest BCUT2D eigenvalue weighted by Crippen LogP contribution is -2.47. The Morgan fingerprint density at radius 2 is 1.87 bits per heavy atom. The maximum atomic E-state index is 14.2. The highest BCUT2D eigenvalue weighted by Crippen LogP contribution is 2.27. The molecule has 0 aliphatic carbocycles. The maximum absolute atomic E-state index is 14.2. The molecular formula is C24H34ClFN4O. The largest absolute Gasteiger partial charge is 0.367 e. The smallest absolute Gasteiger partial charge is 0.253 e. The quantitative estimate of drug-likeness (QED) is 0.667. The molecular weight excluding hydrogens is 415 g/mol. The summed E-state index contributed by atoms with van der Waals surface area (Å²) in [5, 5.41) is 3.23. The number of amides is 1. The summed E-state index contributed by atoms with van der Waals surface area (Å²) in [6.07, 6.45) is 0.884. The predicted octanol–water partition coefficient (Wildman–Crippen LogP) is 4.37. The molecule has 0 saturated carbocycles. The van der Waals surface area contributed by atoms with E-state index in [4.69, 9.17) is 11.6 Å². The highest BCUT2D eigenvalue weighted by molar-refractivity contribution is 6.31. The van der Waals surface area contributed by atoms with E-state index in [0.717, 1.165) is 56.1 Å². The number of nitrogens with zero attached hydrogens (tertiary/aromatic N) is 3. The van der Waals surface area contributed by atoms with Gasteiger partial charge in [-0.15, -0.1) is 0 Å². The van der Waals surface area contributed by atoms with Gasteiger partial charge in [0.2, 0.25) is 0 Å². The Kier molecular flexibility index (Phi) is 7.32. The Balaban J connectivity index is 1.44. The fourth-order valence-corrected chi connectivity index (χ4v) is 4.37. The van der Waals surface area contributed by atoms with E-state index in [1.807, 2.05) is 24.9 Å². The average molecular weight is 449 g/mol. The second-order valence-corrected chi connectivity index (χ2v) is 9.76. The molecule has 31 heavy (non-hydrogen) atoms. The Morgan fingerprint density at radius 3 is 2.48 bits per heavy atom. The number of anilines is 1. The number of rotatable bonds is 6. The molecule has 0 unspecified atom stereocenters. The minimum Gasteiger partial charge on any atom is -0.367 e. The Hall–Kier alpha value is -2.05. The lowest BCUT2D eigenvalue weighted by atomic mass is 9.92. The Labute approximate surface area is 190 Å². The van der Waals surface area contributed by atoms with Crippen LogP contribution in [0.1, 0.15) is 48.9 Å². The van der Waals surface area contributed by atoms with Gasteiger partial charge in [0.1, 0.15) is 0 Å². The molecule has 1 fully saturated rings. The molecule has 1 amide bonds. The Morgan fingerprint density at radius 1 is 1.19 bits per heavy atom. The first kappa shape index (κ1) is 23.6. The lowest BCUT2D eigenvalue weighted by Gasteiger charge is -2.36. The van der Waals surface area contributed by atoms with Gasteiger partial charge in [0, 0.05) is 56.6 Å². The standard InChI is InChI=1S/C24H34ClFN4O/c1-17-18(16-21(28(17)5)24(2,3)4)23(31)27-10-7-11-29-12-14-30(15-13-29)20-9-6-8-19(25)22(20)26/h6,8-9,16H,7,10-15H2,1-5H3,(H,27,31). The van der Waals surface area contributed by atoms with Crippen LogP contribution in [0.3, 0.4) is 0 Å². The number of nitrogens with one attached hydrogen (secondary N) is 1. The number of piperazine rings is 1. The predicted molar refractivity (Wildman–Crippen MR) is 126 cm³/mol. The molecule has 2 heterocycles. The number of halogens is 2. The molecule has 0 spiro atoms. The fraction of sp³-hybridized carbons (Fsp3) is 0.542. The molecule has 0 atom stereocenters. The molecule has 0 radical (unpaired) electrons. The number of hydrogen-bond acceptors (Lipinski definition) is 3. The van der Waals surface area contributed by atoms with Crippen LogP contribution < -0.4 is 10.2 Å². The zero-order valence-corrected chi connectivity index (χ0v) is 20.0. The fourth-order valence-electron chi connectivity index (χ4n) is 4.20.